The molecule has 2 fully saturated rings. The third kappa shape index (κ3) is 5.20. The van der Waals surface area contributed by atoms with Crippen molar-refractivity contribution in [3.63, 3.8) is 0 Å². The quantitative estimate of drug-likeness (QED) is 0.351. The Bertz CT molecular complexity index is 1280. The van der Waals surface area contributed by atoms with Crippen LogP contribution in [0.25, 0.3) is 0 Å². The van der Waals surface area contributed by atoms with Crippen LogP contribution in [0.4, 0.5) is 18.9 Å². The van der Waals surface area contributed by atoms with Gasteiger partial charge < -0.3 is 15.0 Å². The molecule has 8 heteroatoms. The van der Waals surface area contributed by atoms with Gasteiger partial charge in [0.25, 0.3) is 5.91 Å². The number of halogens is 4. The predicted molar refractivity (Wildman–Crippen MR) is 138 cm³/mol. The topological polar surface area (TPSA) is 44.9 Å². The Labute approximate surface area is 219 Å². The van der Waals surface area contributed by atoms with Gasteiger partial charge >= 0.3 is 6.18 Å². The van der Waals surface area contributed by atoms with Gasteiger partial charge in [0.15, 0.2) is 6.23 Å². The van der Waals surface area contributed by atoms with Crippen molar-refractivity contribution >= 4 is 23.2 Å². The highest BCUT2D eigenvalue weighted by molar-refractivity contribution is 6.33. The van der Waals surface area contributed by atoms with Gasteiger partial charge in [0, 0.05) is 18.0 Å². The minimum atomic E-state index is -4.47. The Balaban J connectivity index is 1.43. The molecule has 0 spiro atoms. The lowest BCUT2D eigenvalue weighted by Gasteiger charge is -2.42. The molecule has 1 amide bonds. The van der Waals surface area contributed by atoms with Crippen molar-refractivity contribution in [2.45, 2.75) is 51.2 Å². The first kappa shape index (κ1) is 25.6. The summed E-state index contributed by atoms with van der Waals surface area (Å²) in [5.74, 6) is -0.0493. The molecule has 3 aromatic rings. The highest BCUT2D eigenvalue weighted by Crippen LogP contribution is 2.47. The van der Waals surface area contributed by atoms with Gasteiger partial charge in [-0.3, -0.25) is 4.79 Å². The number of hydrogen-bond donors (Lipinski definition) is 1. The number of benzene rings is 3. The maximum atomic E-state index is 13.9. The molecule has 0 aromatic heterocycles. The van der Waals surface area contributed by atoms with E-state index in [4.69, 9.17) is 16.3 Å². The van der Waals surface area contributed by atoms with Crippen LogP contribution in [0.2, 0.25) is 5.02 Å². The van der Waals surface area contributed by atoms with Crippen LogP contribution >= 0.6 is 11.6 Å². The lowest BCUT2D eigenvalue weighted by atomic mass is 9.81. The van der Waals surface area contributed by atoms with Crippen molar-refractivity contribution in [2.24, 2.45) is 5.92 Å². The van der Waals surface area contributed by atoms with Gasteiger partial charge in [0.2, 0.25) is 0 Å². The molecule has 2 unspecified atom stereocenters. The highest BCUT2D eigenvalue weighted by Gasteiger charge is 2.51. The number of carbonyl (C=O) groups excluding carboxylic acids is 1. The van der Waals surface area contributed by atoms with Crippen molar-refractivity contribution < 1.29 is 22.7 Å². The van der Waals surface area contributed by atoms with E-state index in [1.807, 2.05) is 67.3 Å². The molecule has 4 atom stereocenters. The molecule has 2 aliphatic heterocycles. The van der Waals surface area contributed by atoms with Gasteiger partial charge in [-0.1, -0.05) is 60.1 Å². The number of anilines is 1. The zero-order valence-corrected chi connectivity index (χ0v) is 21.3. The maximum Gasteiger partial charge on any atom is 0.416 e. The number of piperidine rings is 1. The summed E-state index contributed by atoms with van der Waals surface area (Å²) in [6, 6.07) is 18.7. The zero-order valence-electron chi connectivity index (χ0n) is 20.6. The summed E-state index contributed by atoms with van der Waals surface area (Å²) >= 11 is 6.20. The van der Waals surface area contributed by atoms with E-state index in [0.717, 1.165) is 41.7 Å². The van der Waals surface area contributed by atoms with Crippen molar-refractivity contribution in [1.29, 1.82) is 0 Å². The average molecular weight is 529 g/mol. The Kier molecular flexibility index (Phi) is 6.94. The van der Waals surface area contributed by atoms with Crippen LogP contribution in [0, 0.1) is 19.8 Å². The number of carbonyl (C=O) groups is 1. The second-order valence-corrected chi connectivity index (χ2v) is 10.2. The summed E-state index contributed by atoms with van der Waals surface area (Å²) in [6.45, 7) is 4.51. The van der Waals surface area contributed by atoms with Crippen LogP contribution < -0.4 is 5.32 Å². The molecular weight excluding hydrogens is 501 g/mol. The Morgan fingerprint density at radius 1 is 1.03 bits per heavy atom. The number of hydrogen-bond acceptors (Lipinski definition) is 3. The van der Waals surface area contributed by atoms with E-state index in [1.165, 1.54) is 6.07 Å². The normalized spacial score (nSPS) is 23.6. The smallest absolute Gasteiger partial charge is 0.357 e. The minimum Gasteiger partial charge on any atom is -0.357 e. The summed E-state index contributed by atoms with van der Waals surface area (Å²) in [5, 5.41) is 3.24. The number of ether oxygens (including phenoxy) is 1. The van der Waals surface area contributed by atoms with Crippen molar-refractivity contribution in [3.8, 4) is 0 Å². The maximum absolute atomic E-state index is 13.9. The van der Waals surface area contributed by atoms with Crippen LogP contribution in [-0.4, -0.2) is 29.7 Å². The Morgan fingerprint density at radius 2 is 1.73 bits per heavy atom. The highest BCUT2D eigenvalue weighted by atomic mass is 35.5. The van der Waals surface area contributed by atoms with E-state index in [9.17, 15) is 18.0 Å². The van der Waals surface area contributed by atoms with Crippen LogP contribution in [0.5, 0.6) is 0 Å². The van der Waals surface area contributed by atoms with Crippen molar-refractivity contribution in [2.75, 3.05) is 11.9 Å². The van der Waals surface area contributed by atoms with Crippen LogP contribution in [0.1, 0.15) is 51.5 Å². The van der Waals surface area contributed by atoms with Crippen LogP contribution in [0.3, 0.4) is 0 Å². The van der Waals surface area contributed by atoms with E-state index in [-0.39, 0.29) is 34.7 Å². The number of nitrogens with one attached hydrogen (secondary N) is 1. The van der Waals surface area contributed by atoms with Gasteiger partial charge in [0.05, 0.1) is 22.3 Å². The fraction of sp³-hybridized carbons (Fsp3) is 0.345. The molecule has 2 saturated heterocycles. The van der Waals surface area contributed by atoms with Gasteiger partial charge in [0.1, 0.15) is 6.10 Å². The van der Waals surface area contributed by atoms with E-state index >= 15 is 0 Å². The third-order valence-electron chi connectivity index (χ3n) is 7.31. The molecule has 0 aliphatic carbocycles. The fourth-order valence-electron chi connectivity index (χ4n) is 5.50. The first-order chi connectivity index (χ1) is 17.6. The standard InChI is InChI=1S/C29H28ClF3N2O2/c1-17-8-6-9-18(2)24(17)28(36)35-15-7-12-21(25(35)19-10-4-3-5-11-19)26-27(37-26)34-23-16-20(29(31,32)33)13-14-22(23)30/h3-6,8-11,13-14,16,21,25-27,34H,7,12,15H2,1-2H3/t21-,25-,26?,27?/m0/s1. The summed E-state index contributed by atoms with van der Waals surface area (Å²) in [7, 11) is 0. The largest absolute Gasteiger partial charge is 0.416 e. The molecule has 0 radical (unpaired) electrons. The zero-order chi connectivity index (χ0) is 26.3. The molecular formula is C29H28ClF3N2O2. The van der Waals surface area contributed by atoms with E-state index in [0.29, 0.717) is 12.1 Å². The number of rotatable bonds is 5. The van der Waals surface area contributed by atoms with Gasteiger partial charge in [-0.15, -0.1) is 0 Å². The summed E-state index contributed by atoms with van der Waals surface area (Å²) in [5.41, 5.74) is 2.99. The first-order valence-electron chi connectivity index (χ1n) is 12.4. The second-order valence-electron chi connectivity index (χ2n) is 9.78. The third-order valence-corrected chi connectivity index (χ3v) is 7.64. The number of likely N-dealkylation sites (tertiary alicyclic amines) is 1. The molecule has 37 heavy (non-hydrogen) atoms. The second kappa shape index (κ2) is 10.0. The molecule has 0 bridgehead atoms. The molecule has 4 nitrogen and oxygen atoms in total. The number of nitrogens with zero attached hydrogens (tertiary/aromatic N) is 1. The number of alkyl halides is 3. The van der Waals surface area contributed by atoms with Crippen LogP contribution in [0.15, 0.2) is 66.7 Å². The molecule has 194 valence electrons. The van der Waals surface area contributed by atoms with Crippen molar-refractivity contribution in [1.82, 2.24) is 4.90 Å². The van der Waals surface area contributed by atoms with Gasteiger partial charge in [-0.25, -0.2) is 0 Å². The monoisotopic (exact) mass is 528 g/mol. The lowest BCUT2D eigenvalue weighted by Crippen LogP contribution is -2.45. The Morgan fingerprint density at radius 3 is 2.41 bits per heavy atom. The lowest BCUT2D eigenvalue weighted by molar-refractivity contribution is -0.137. The first-order valence-corrected chi connectivity index (χ1v) is 12.7. The molecule has 0 saturated carbocycles. The predicted octanol–water partition coefficient (Wildman–Crippen LogP) is 7.41. The summed E-state index contributed by atoms with van der Waals surface area (Å²) in [4.78, 5) is 15.8. The summed E-state index contributed by atoms with van der Waals surface area (Å²) < 4.78 is 45.7. The van der Waals surface area contributed by atoms with E-state index in [1.54, 1.807) is 0 Å². The van der Waals surface area contributed by atoms with E-state index in [2.05, 4.69) is 5.32 Å². The van der Waals surface area contributed by atoms with Crippen molar-refractivity contribution in [3.05, 3.63) is 99.6 Å². The minimum absolute atomic E-state index is 0.0137. The van der Waals surface area contributed by atoms with Crippen LogP contribution in [-0.2, 0) is 10.9 Å². The number of epoxide rings is 1. The fourth-order valence-corrected chi connectivity index (χ4v) is 5.67. The van der Waals surface area contributed by atoms with E-state index < -0.39 is 18.0 Å². The molecule has 1 N–H and O–H groups in total. The summed E-state index contributed by atoms with van der Waals surface area (Å²) in [6.07, 6.45) is -3.60. The SMILES string of the molecule is Cc1cccc(C)c1C(=O)N1CCC[C@H](C2OC2Nc2cc(C(F)(F)F)ccc2Cl)[C@@H]1c1ccccc1. The molecule has 2 aliphatic rings. The molecule has 5 rings (SSSR count). The molecule has 2 heterocycles. The Hall–Kier alpha value is -3.03. The number of aryl methyl sites for hydroxylation is 2. The average Bonchev–Trinajstić information content (AvgIpc) is 3.63. The van der Waals surface area contributed by atoms with Gasteiger partial charge in [-0.2, -0.15) is 13.2 Å². The molecule has 3 aromatic carbocycles. The van der Waals surface area contributed by atoms with Gasteiger partial charge in [-0.05, 0) is 61.6 Å². The number of amides is 1.